The Hall–Kier alpha value is -2.95. The van der Waals surface area contributed by atoms with Gasteiger partial charge in [-0.2, -0.15) is 9.78 Å². The molecule has 0 bridgehead atoms. The number of aryl methyl sites for hydroxylation is 1. The van der Waals surface area contributed by atoms with E-state index in [9.17, 15) is 4.79 Å². The van der Waals surface area contributed by atoms with E-state index in [1.54, 1.807) is 10.9 Å². The standard InChI is InChI=1S/C21H24N4O/c1-15-8-10-16(11-9-15)13-20(26)23-19-14-17(21(2,3)4)24-25(19)18-7-5-6-12-22-18/h5-12,14H,13H2,1-4H3,(H,23,26). The first kappa shape index (κ1) is 17.9. The molecule has 0 saturated heterocycles. The predicted molar refractivity (Wildman–Crippen MR) is 104 cm³/mol. The molecule has 5 heteroatoms. The molecule has 5 nitrogen and oxygen atoms in total. The average molecular weight is 348 g/mol. The largest absolute Gasteiger partial charge is 0.310 e. The highest BCUT2D eigenvalue weighted by Gasteiger charge is 2.21. The Morgan fingerprint density at radius 3 is 2.46 bits per heavy atom. The molecule has 1 aromatic carbocycles. The molecular formula is C21H24N4O. The maximum absolute atomic E-state index is 12.5. The van der Waals surface area contributed by atoms with Crippen molar-refractivity contribution in [3.63, 3.8) is 0 Å². The van der Waals surface area contributed by atoms with Crippen LogP contribution in [0.3, 0.4) is 0 Å². The first-order valence-corrected chi connectivity index (χ1v) is 8.70. The van der Waals surface area contributed by atoms with Crippen molar-refractivity contribution < 1.29 is 4.79 Å². The summed E-state index contributed by atoms with van der Waals surface area (Å²) in [5, 5.41) is 7.65. The quantitative estimate of drug-likeness (QED) is 0.773. The fourth-order valence-electron chi connectivity index (χ4n) is 2.57. The van der Waals surface area contributed by atoms with Crippen molar-refractivity contribution in [3.8, 4) is 5.82 Å². The van der Waals surface area contributed by atoms with Crippen molar-refractivity contribution in [3.05, 3.63) is 71.5 Å². The molecule has 134 valence electrons. The van der Waals surface area contributed by atoms with Gasteiger partial charge >= 0.3 is 0 Å². The molecule has 0 unspecified atom stereocenters. The molecule has 0 fully saturated rings. The van der Waals surface area contributed by atoms with Crippen LogP contribution in [0, 0.1) is 6.92 Å². The Bertz CT molecular complexity index is 890. The van der Waals surface area contributed by atoms with E-state index >= 15 is 0 Å². The van der Waals surface area contributed by atoms with E-state index in [0.29, 0.717) is 18.1 Å². The van der Waals surface area contributed by atoms with Crippen molar-refractivity contribution in [2.45, 2.75) is 39.5 Å². The van der Waals surface area contributed by atoms with Crippen LogP contribution >= 0.6 is 0 Å². The Kier molecular flexibility index (Phi) is 4.89. The lowest BCUT2D eigenvalue weighted by molar-refractivity contribution is -0.115. The minimum Gasteiger partial charge on any atom is -0.310 e. The van der Waals surface area contributed by atoms with Crippen molar-refractivity contribution in [1.82, 2.24) is 14.8 Å². The number of hydrogen-bond acceptors (Lipinski definition) is 3. The van der Waals surface area contributed by atoms with E-state index in [0.717, 1.165) is 11.3 Å². The summed E-state index contributed by atoms with van der Waals surface area (Å²) in [5.41, 5.74) is 2.93. The van der Waals surface area contributed by atoms with Crippen LogP contribution in [0.4, 0.5) is 5.82 Å². The van der Waals surface area contributed by atoms with Crippen molar-refractivity contribution >= 4 is 11.7 Å². The van der Waals surface area contributed by atoms with Gasteiger partial charge in [0.2, 0.25) is 5.91 Å². The summed E-state index contributed by atoms with van der Waals surface area (Å²) in [6.07, 6.45) is 2.03. The first-order valence-electron chi connectivity index (χ1n) is 8.70. The zero-order valence-electron chi connectivity index (χ0n) is 15.7. The van der Waals surface area contributed by atoms with E-state index < -0.39 is 0 Å². The second-order valence-corrected chi connectivity index (χ2v) is 7.48. The van der Waals surface area contributed by atoms with Crippen LogP contribution in [0.1, 0.15) is 37.6 Å². The lowest BCUT2D eigenvalue weighted by atomic mass is 9.92. The van der Waals surface area contributed by atoms with Gasteiger partial charge in [-0.3, -0.25) is 4.79 Å². The highest BCUT2D eigenvalue weighted by Crippen LogP contribution is 2.25. The molecule has 0 saturated carbocycles. The van der Waals surface area contributed by atoms with Gasteiger partial charge in [-0.25, -0.2) is 4.98 Å². The maximum atomic E-state index is 12.5. The Morgan fingerprint density at radius 2 is 1.85 bits per heavy atom. The number of aromatic nitrogens is 3. The van der Waals surface area contributed by atoms with E-state index in [-0.39, 0.29) is 11.3 Å². The minimum absolute atomic E-state index is 0.0774. The van der Waals surface area contributed by atoms with Crippen LogP contribution in [0.5, 0.6) is 0 Å². The van der Waals surface area contributed by atoms with Gasteiger partial charge in [0, 0.05) is 17.7 Å². The fraction of sp³-hybridized carbons (Fsp3) is 0.286. The highest BCUT2D eigenvalue weighted by molar-refractivity contribution is 5.91. The molecule has 0 aliphatic heterocycles. The Morgan fingerprint density at radius 1 is 1.12 bits per heavy atom. The number of pyridine rings is 1. The van der Waals surface area contributed by atoms with Crippen LogP contribution in [0.2, 0.25) is 0 Å². The highest BCUT2D eigenvalue weighted by atomic mass is 16.1. The maximum Gasteiger partial charge on any atom is 0.229 e. The third-order valence-electron chi connectivity index (χ3n) is 4.10. The van der Waals surface area contributed by atoms with E-state index in [1.165, 1.54) is 5.56 Å². The summed E-state index contributed by atoms with van der Waals surface area (Å²) in [6.45, 7) is 8.31. The zero-order valence-corrected chi connectivity index (χ0v) is 15.7. The Balaban J connectivity index is 1.87. The third kappa shape index (κ3) is 4.17. The molecule has 3 aromatic rings. The average Bonchev–Trinajstić information content (AvgIpc) is 3.02. The summed E-state index contributed by atoms with van der Waals surface area (Å²) >= 11 is 0. The van der Waals surface area contributed by atoms with E-state index in [4.69, 9.17) is 0 Å². The monoisotopic (exact) mass is 348 g/mol. The predicted octanol–water partition coefficient (Wildman–Crippen LogP) is 4.05. The summed E-state index contributed by atoms with van der Waals surface area (Å²) in [4.78, 5) is 16.9. The van der Waals surface area contributed by atoms with Gasteiger partial charge in [-0.15, -0.1) is 0 Å². The van der Waals surface area contributed by atoms with Gasteiger partial charge in [-0.05, 0) is 24.6 Å². The smallest absolute Gasteiger partial charge is 0.229 e. The molecule has 2 aromatic heterocycles. The van der Waals surface area contributed by atoms with Gasteiger partial charge in [0.25, 0.3) is 0 Å². The molecule has 0 spiro atoms. The lowest BCUT2D eigenvalue weighted by Crippen LogP contribution is -2.17. The number of nitrogens with zero attached hydrogens (tertiary/aromatic N) is 3. The number of nitrogens with one attached hydrogen (secondary N) is 1. The molecule has 26 heavy (non-hydrogen) atoms. The van der Waals surface area contributed by atoms with Crippen LogP contribution in [0.25, 0.3) is 5.82 Å². The molecule has 2 heterocycles. The fourth-order valence-corrected chi connectivity index (χ4v) is 2.57. The normalized spacial score (nSPS) is 11.4. The second-order valence-electron chi connectivity index (χ2n) is 7.48. The molecule has 1 N–H and O–H groups in total. The zero-order chi connectivity index (χ0) is 18.7. The number of anilines is 1. The molecule has 0 aliphatic carbocycles. The SMILES string of the molecule is Cc1ccc(CC(=O)Nc2cc(C(C)(C)C)nn2-c2ccccn2)cc1. The minimum atomic E-state index is -0.129. The Labute approximate surface area is 154 Å². The number of rotatable bonds is 4. The van der Waals surface area contributed by atoms with Gasteiger partial charge < -0.3 is 5.32 Å². The first-order chi connectivity index (χ1) is 12.3. The lowest BCUT2D eigenvalue weighted by Gasteiger charge is -2.13. The summed E-state index contributed by atoms with van der Waals surface area (Å²) in [7, 11) is 0. The third-order valence-corrected chi connectivity index (χ3v) is 4.10. The molecule has 0 radical (unpaired) electrons. The van der Waals surface area contributed by atoms with Gasteiger partial charge in [-0.1, -0.05) is 56.7 Å². The van der Waals surface area contributed by atoms with E-state index in [1.807, 2.05) is 55.5 Å². The number of amides is 1. The molecular weight excluding hydrogens is 324 g/mol. The van der Waals surface area contributed by atoms with Crippen LogP contribution in [0.15, 0.2) is 54.7 Å². The summed E-state index contributed by atoms with van der Waals surface area (Å²) in [5.74, 6) is 1.23. The van der Waals surface area contributed by atoms with Crippen LogP contribution in [-0.4, -0.2) is 20.7 Å². The topological polar surface area (TPSA) is 59.8 Å². The van der Waals surface area contributed by atoms with E-state index in [2.05, 4.69) is 36.2 Å². The number of benzene rings is 1. The van der Waals surface area contributed by atoms with Gasteiger partial charge in [0.05, 0.1) is 12.1 Å². The van der Waals surface area contributed by atoms with Crippen LogP contribution < -0.4 is 5.32 Å². The number of carbonyl (C=O) groups is 1. The number of hydrogen-bond donors (Lipinski definition) is 1. The van der Waals surface area contributed by atoms with Gasteiger partial charge in [0.1, 0.15) is 5.82 Å². The molecule has 0 atom stereocenters. The van der Waals surface area contributed by atoms with Crippen molar-refractivity contribution in [2.75, 3.05) is 5.32 Å². The summed E-state index contributed by atoms with van der Waals surface area (Å²) in [6, 6.07) is 15.5. The van der Waals surface area contributed by atoms with Crippen molar-refractivity contribution in [2.24, 2.45) is 0 Å². The number of carbonyl (C=O) groups excluding carboxylic acids is 1. The van der Waals surface area contributed by atoms with Gasteiger partial charge in [0.15, 0.2) is 5.82 Å². The summed E-state index contributed by atoms with van der Waals surface area (Å²) < 4.78 is 1.69. The molecule has 3 rings (SSSR count). The van der Waals surface area contributed by atoms with Crippen molar-refractivity contribution in [1.29, 1.82) is 0 Å². The molecule has 0 aliphatic rings. The second kappa shape index (κ2) is 7.12. The van der Waals surface area contributed by atoms with Crippen LogP contribution in [-0.2, 0) is 16.6 Å². The molecule has 1 amide bonds.